The SMILES string of the molecule is N#Cc1ccc(CN2CC[C@H](NC(=O)c3c(Cl)cncc3Cl)C2=O)cc1. The lowest BCUT2D eigenvalue weighted by molar-refractivity contribution is -0.129. The number of amides is 2. The molecule has 6 nitrogen and oxygen atoms in total. The first kappa shape index (κ1) is 18.2. The summed E-state index contributed by atoms with van der Waals surface area (Å²) in [5, 5.41) is 11.8. The van der Waals surface area contributed by atoms with Crippen LogP contribution in [0.5, 0.6) is 0 Å². The van der Waals surface area contributed by atoms with E-state index in [0.29, 0.717) is 25.1 Å². The Hall–Kier alpha value is -2.62. The van der Waals surface area contributed by atoms with Crippen molar-refractivity contribution in [2.75, 3.05) is 6.54 Å². The molecule has 0 bridgehead atoms. The van der Waals surface area contributed by atoms with Gasteiger partial charge >= 0.3 is 0 Å². The van der Waals surface area contributed by atoms with E-state index >= 15 is 0 Å². The van der Waals surface area contributed by atoms with Gasteiger partial charge in [-0.1, -0.05) is 35.3 Å². The van der Waals surface area contributed by atoms with E-state index in [9.17, 15) is 9.59 Å². The minimum atomic E-state index is -0.624. The molecule has 0 radical (unpaired) electrons. The fourth-order valence-corrected chi connectivity index (χ4v) is 3.33. The van der Waals surface area contributed by atoms with E-state index in [4.69, 9.17) is 28.5 Å². The molecule has 2 amide bonds. The predicted molar refractivity (Wildman–Crippen MR) is 96.7 cm³/mol. The quantitative estimate of drug-likeness (QED) is 0.872. The van der Waals surface area contributed by atoms with Crippen molar-refractivity contribution in [1.82, 2.24) is 15.2 Å². The predicted octanol–water partition coefficient (Wildman–Crippen LogP) is 2.79. The van der Waals surface area contributed by atoms with Crippen LogP contribution in [0.3, 0.4) is 0 Å². The number of halogens is 2. The maximum absolute atomic E-state index is 12.6. The zero-order chi connectivity index (χ0) is 18.7. The molecule has 1 saturated heterocycles. The lowest BCUT2D eigenvalue weighted by Gasteiger charge is -2.17. The highest BCUT2D eigenvalue weighted by Crippen LogP contribution is 2.23. The smallest absolute Gasteiger partial charge is 0.255 e. The monoisotopic (exact) mass is 388 g/mol. The lowest BCUT2D eigenvalue weighted by atomic mass is 10.1. The van der Waals surface area contributed by atoms with E-state index in [-0.39, 0.29) is 21.5 Å². The number of benzene rings is 1. The number of pyridine rings is 1. The molecule has 26 heavy (non-hydrogen) atoms. The van der Waals surface area contributed by atoms with Crippen LogP contribution < -0.4 is 5.32 Å². The highest BCUT2D eigenvalue weighted by Gasteiger charge is 2.33. The molecule has 0 aliphatic carbocycles. The van der Waals surface area contributed by atoms with Crippen molar-refractivity contribution >= 4 is 35.0 Å². The van der Waals surface area contributed by atoms with Gasteiger partial charge in [0.1, 0.15) is 6.04 Å². The number of nitriles is 1. The van der Waals surface area contributed by atoms with Crippen LogP contribution in [0.4, 0.5) is 0 Å². The molecule has 3 rings (SSSR count). The summed E-state index contributed by atoms with van der Waals surface area (Å²) >= 11 is 12.0. The molecule has 1 fully saturated rings. The van der Waals surface area contributed by atoms with Crippen LogP contribution in [0.1, 0.15) is 27.9 Å². The largest absolute Gasteiger partial charge is 0.340 e. The minimum absolute atomic E-state index is 0.113. The van der Waals surface area contributed by atoms with E-state index in [0.717, 1.165) is 5.56 Å². The van der Waals surface area contributed by atoms with Gasteiger partial charge in [-0.2, -0.15) is 5.26 Å². The maximum atomic E-state index is 12.6. The average molecular weight is 389 g/mol. The van der Waals surface area contributed by atoms with Gasteiger partial charge in [0.2, 0.25) is 5.91 Å². The minimum Gasteiger partial charge on any atom is -0.340 e. The van der Waals surface area contributed by atoms with Gasteiger partial charge < -0.3 is 10.2 Å². The summed E-state index contributed by atoms with van der Waals surface area (Å²) in [6, 6.07) is 8.48. The van der Waals surface area contributed by atoms with E-state index in [2.05, 4.69) is 16.4 Å². The molecule has 0 spiro atoms. The third kappa shape index (κ3) is 3.79. The Morgan fingerprint density at radius 3 is 2.54 bits per heavy atom. The fraction of sp³-hybridized carbons (Fsp3) is 0.222. The summed E-state index contributed by atoms with van der Waals surface area (Å²) in [5.74, 6) is -0.662. The fourth-order valence-electron chi connectivity index (χ4n) is 2.79. The van der Waals surface area contributed by atoms with Crippen LogP contribution in [0.2, 0.25) is 10.0 Å². The molecule has 1 aliphatic heterocycles. The molecule has 1 aliphatic rings. The standard InChI is InChI=1S/C18H14Cl2N4O2/c19-13-8-22-9-14(20)16(13)17(25)23-15-5-6-24(18(15)26)10-12-3-1-11(7-21)2-4-12/h1-4,8-9,15H,5-6,10H2,(H,23,25)/t15-/m0/s1. The van der Waals surface area contributed by atoms with Gasteiger partial charge in [0.15, 0.2) is 0 Å². The molecule has 1 aromatic heterocycles. The van der Waals surface area contributed by atoms with Crippen molar-refractivity contribution < 1.29 is 9.59 Å². The summed E-state index contributed by atoms with van der Waals surface area (Å²) < 4.78 is 0. The van der Waals surface area contributed by atoms with Gasteiger partial charge in [0, 0.05) is 25.5 Å². The number of hydrogen-bond acceptors (Lipinski definition) is 4. The molecular formula is C18H14Cl2N4O2. The summed E-state index contributed by atoms with van der Waals surface area (Å²) in [7, 11) is 0. The van der Waals surface area contributed by atoms with Gasteiger partial charge in [-0.05, 0) is 24.1 Å². The second-order valence-corrected chi connectivity index (χ2v) is 6.68. The van der Waals surface area contributed by atoms with Crippen molar-refractivity contribution in [1.29, 1.82) is 5.26 Å². The first-order valence-electron chi connectivity index (χ1n) is 7.87. The average Bonchev–Trinajstić information content (AvgIpc) is 2.95. The number of hydrogen-bond donors (Lipinski definition) is 1. The third-order valence-electron chi connectivity index (χ3n) is 4.14. The first-order chi connectivity index (χ1) is 12.5. The number of carbonyl (C=O) groups is 2. The van der Waals surface area contributed by atoms with Gasteiger partial charge in [0.05, 0.1) is 27.2 Å². The molecular weight excluding hydrogens is 375 g/mol. The summed E-state index contributed by atoms with van der Waals surface area (Å²) in [4.78, 5) is 30.4. The number of carbonyl (C=O) groups excluding carboxylic acids is 2. The van der Waals surface area contributed by atoms with Crippen molar-refractivity contribution in [3.63, 3.8) is 0 Å². The molecule has 8 heteroatoms. The van der Waals surface area contributed by atoms with Crippen molar-refractivity contribution in [3.05, 3.63) is 63.4 Å². The third-order valence-corrected chi connectivity index (χ3v) is 4.71. The molecule has 1 atom stereocenters. The molecule has 0 unspecified atom stereocenters. The van der Waals surface area contributed by atoms with E-state index < -0.39 is 11.9 Å². The molecule has 2 heterocycles. The van der Waals surface area contributed by atoms with Gasteiger partial charge in [-0.15, -0.1) is 0 Å². The van der Waals surface area contributed by atoms with E-state index in [1.165, 1.54) is 12.4 Å². The Bertz CT molecular complexity index is 873. The molecule has 1 aromatic carbocycles. The van der Waals surface area contributed by atoms with Gasteiger partial charge in [-0.3, -0.25) is 14.6 Å². The summed E-state index contributed by atoms with van der Waals surface area (Å²) in [6.45, 7) is 0.954. The Morgan fingerprint density at radius 1 is 1.27 bits per heavy atom. The molecule has 0 saturated carbocycles. The Kier molecular flexibility index (Phi) is 5.40. The van der Waals surface area contributed by atoms with Gasteiger partial charge in [0.25, 0.3) is 5.91 Å². The van der Waals surface area contributed by atoms with Crippen LogP contribution in [0.25, 0.3) is 0 Å². The van der Waals surface area contributed by atoms with Crippen molar-refractivity contribution in [2.45, 2.75) is 19.0 Å². The Morgan fingerprint density at radius 2 is 1.92 bits per heavy atom. The molecule has 132 valence electrons. The van der Waals surface area contributed by atoms with Gasteiger partial charge in [-0.25, -0.2) is 0 Å². The molecule has 1 N–H and O–H groups in total. The van der Waals surface area contributed by atoms with Crippen LogP contribution >= 0.6 is 23.2 Å². The Balaban J connectivity index is 1.65. The number of nitrogens with one attached hydrogen (secondary N) is 1. The van der Waals surface area contributed by atoms with E-state index in [1.54, 1.807) is 17.0 Å². The van der Waals surface area contributed by atoms with Crippen LogP contribution in [0.15, 0.2) is 36.7 Å². The second kappa shape index (κ2) is 7.73. The zero-order valence-electron chi connectivity index (χ0n) is 13.6. The highest BCUT2D eigenvalue weighted by molar-refractivity contribution is 6.39. The number of nitrogens with zero attached hydrogens (tertiary/aromatic N) is 3. The van der Waals surface area contributed by atoms with Crippen LogP contribution in [0, 0.1) is 11.3 Å². The maximum Gasteiger partial charge on any atom is 0.255 e. The second-order valence-electron chi connectivity index (χ2n) is 5.86. The Labute approximate surface area is 160 Å². The summed E-state index contributed by atoms with van der Waals surface area (Å²) in [5.41, 5.74) is 1.60. The number of rotatable bonds is 4. The number of aromatic nitrogens is 1. The summed E-state index contributed by atoms with van der Waals surface area (Å²) in [6.07, 6.45) is 3.16. The number of likely N-dealkylation sites (tertiary alicyclic amines) is 1. The normalized spacial score (nSPS) is 16.4. The highest BCUT2D eigenvalue weighted by atomic mass is 35.5. The molecule has 2 aromatic rings. The van der Waals surface area contributed by atoms with E-state index in [1.807, 2.05) is 12.1 Å². The van der Waals surface area contributed by atoms with Crippen molar-refractivity contribution in [3.8, 4) is 6.07 Å². The topological polar surface area (TPSA) is 86.1 Å². The van der Waals surface area contributed by atoms with Crippen LogP contribution in [-0.2, 0) is 11.3 Å². The first-order valence-corrected chi connectivity index (χ1v) is 8.63. The van der Waals surface area contributed by atoms with Crippen molar-refractivity contribution in [2.24, 2.45) is 0 Å². The van der Waals surface area contributed by atoms with Crippen LogP contribution in [-0.4, -0.2) is 34.3 Å². The lowest BCUT2D eigenvalue weighted by Crippen LogP contribution is -2.41. The zero-order valence-corrected chi connectivity index (χ0v) is 15.1.